The third kappa shape index (κ3) is 2.33. The smallest absolute Gasteiger partial charge is 0.131 e. The van der Waals surface area contributed by atoms with Gasteiger partial charge in [0.25, 0.3) is 0 Å². The molecule has 110 valence electrons. The van der Waals surface area contributed by atoms with Gasteiger partial charge in [-0.1, -0.05) is 37.2 Å². The summed E-state index contributed by atoms with van der Waals surface area (Å²) in [5.41, 5.74) is 2.55. The van der Waals surface area contributed by atoms with Crippen LogP contribution in [-0.4, -0.2) is 25.0 Å². The van der Waals surface area contributed by atoms with E-state index >= 15 is 0 Å². The summed E-state index contributed by atoms with van der Waals surface area (Å²) in [5.74, 6) is 2.87. The van der Waals surface area contributed by atoms with Gasteiger partial charge in [-0.25, -0.2) is 0 Å². The van der Waals surface area contributed by atoms with Crippen LogP contribution in [-0.2, 0) is 0 Å². The van der Waals surface area contributed by atoms with E-state index in [1.807, 2.05) is 18.2 Å². The van der Waals surface area contributed by atoms with E-state index in [1.54, 1.807) is 0 Å². The van der Waals surface area contributed by atoms with Crippen molar-refractivity contribution in [2.45, 2.75) is 19.3 Å². The number of hydrogen-bond donors (Lipinski definition) is 0. The average Bonchev–Trinajstić information content (AvgIpc) is 2.78. The SMILES string of the molecule is C.CN1C[C@H]2c3ccccc3Oc3ccc(Cl)cc3[C@@H]2C1. The number of para-hydroxylation sites is 1. The molecule has 1 saturated heterocycles. The summed E-state index contributed by atoms with van der Waals surface area (Å²) in [6, 6.07) is 14.4. The van der Waals surface area contributed by atoms with Crippen molar-refractivity contribution in [2.24, 2.45) is 0 Å². The van der Waals surface area contributed by atoms with Crippen molar-refractivity contribution in [3.63, 3.8) is 0 Å². The molecule has 2 heterocycles. The maximum absolute atomic E-state index is 6.20. The number of hydrogen-bond acceptors (Lipinski definition) is 2. The first-order valence-corrected chi connectivity index (χ1v) is 7.35. The van der Waals surface area contributed by atoms with Crippen LogP contribution in [0.2, 0.25) is 5.02 Å². The molecule has 2 aliphatic rings. The molecule has 1 fully saturated rings. The van der Waals surface area contributed by atoms with E-state index in [0.29, 0.717) is 11.8 Å². The van der Waals surface area contributed by atoms with Crippen LogP contribution in [0.5, 0.6) is 11.5 Å². The third-order valence-corrected chi connectivity index (χ3v) is 4.65. The van der Waals surface area contributed by atoms with Crippen molar-refractivity contribution in [1.82, 2.24) is 4.90 Å². The molecule has 21 heavy (non-hydrogen) atoms. The van der Waals surface area contributed by atoms with Crippen molar-refractivity contribution in [3.05, 3.63) is 58.6 Å². The minimum absolute atomic E-state index is 0. The van der Waals surface area contributed by atoms with E-state index < -0.39 is 0 Å². The van der Waals surface area contributed by atoms with E-state index in [9.17, 15) is 0 Å². The van der Waals surface area contributed by atoms with Gasteiger partial charge in [0.05, 0.1) is 0 Å². The Morgan fingerprint density at radius 1 is 1.00 bits per heavy atom. The molecule has 0 saturated carbocycles. The van der Waals surface area contributed by atoms with Gasteiger partial charge in [0.2, 0.25) is 0 Å². The highest BCUT2D eigenvalue weighted by Gasteiger charge is 2.38. The molecule has 0 N–H and O–H groups in total. The van der Waals surface area contributed by atoms with Crippen molar-refractivity contribution in [3.8, 4) is 11.5 Å². The van der Waals surface area contributed by atoms with Crippen LogP contribution in [0, 0.1) is 0 Å². The zero-order valence-electron chi connectivity index (χ0n) is 11.3. The van der Waals surface area contributed by atoms with Crippen LogP contribution in [0.25, 0.3) is 0 Å². The topological polar surface area (TPSA) is 12.5 Å². The quantitative estimate of drug-likeness (QED) is 0.686. The van der Waals surface area contributed by atoms with Crippen LogP contribution in [0.1, 0.15) is 30.4 Å². The number of ether oxygens (including phenoxy) is 1. The Balaban J connectivity index is 0.00000132. The molecule has 2 aromatic rings. The molecule has 3 heteroatoms. The molecular weight excluding hydrogens is 282 g/mol. The second-order valence-electron chi connectivity index (χ2n) is 5.76. The Bertz CT molecular complexity index is 670. The monoisotopic (exact) mass is 301 g/mol. The summed E-state index contributed by atoms with van der Waals surface area (Å²) in [4.78, 5) is 2.39. The van der Waals surface area contributed by atoms with Gasteiger partial charge in [0, 0.05) is 35.5 Å². The van der Waals surface area contributed by atoms with Gasteiger partial charge in [-0.2, -0.15) is 0 Å². The lowest BCUT2D eigenvalue weighted by Gasteiger charge is -2.17. The number of halogens is 1. The zero-order chi connectivity index (χ0) is 13.7. The van der Waals surface area contributed by atoms with Crippen molar-refractivity contribution < 1.29 is 4.74 Å². The number of fused-ring (bicyclic) bond motifs is 5. The number of rotatable bonds is 0. The van der Waals surface area contributed by atoms with Gasteiger partial charge < -0.3 is 9.64 Å². The van der Waals surface area contributed by atoms with Crippen molar-refractivity contribution >= 4 is 11.6 Å². The Labute approximate surface area is 131 Å². The van der Waals surface area contributed by atoms with Crippen molar-refractivity contribution in [2.75, 3.05) is 20.1 Å². The minimum atomic E-state index is 0. The molecule has 0 amide bonds. The van der Waals surface area contributed by atoms with E-state index in [4.69, 9.17) is 16.3 Å². The molecule has 0 radical (unpaired) electrons. The Kier molecular flexibility index (Phi) is 3.68. The highest BCUT2D eigenvalue weighted by Crippen LogP contribution is 2.49. The number of likely N-dealkylation sites (tertiary alicyclic amines) is 1. The first-order valence-electron chi connectivity index (χ1n) is 6.97. The van der Waals surface area contributed by atoms with Gasteiger partial charge in [0.1, 0.15) is 11.5 Å². The molecule has 0 bridgehead atoms. The van der Waals surface area contributed by atoms with Gasteiger partial charge in [-0.05, 0) is 36.9 Å². The van der Waals surface area contributed by atoms with Crippen LogP contribution in [0.4, 0.5) is 0 Å². The van der Waals surface area contributed by atoms with Gasteiger partial charge in [-0.15, -0.1) is 0 Å². The molecule has 2 atom stereocenters. The van der Waals surface area contributed by atoms with E-state index in [1.165, 1.54) is 11.1 Å². The maximum atomic E-state index is 6.20. The van der Waals surface area contributed by atoms with Crippen LogP contribution < -0.4 is 4.74 Å². The lowest BCUT2D eigenvalue weighted by molar-refractivity contribution is 0.401. The second kappa shape index (κ2) is 5.36. The first-order chi connectivity index (χ1) is 9.72. The maximum Gasteiger partial charge on any atom is 0.131 e. The summed E-state index contributed by atoms with van der Waals surface area (Å²) in [7, 11) is 2.18. The van der Waals surface area contributed by atoms with Gasteiger partial charge >= 0.3 is 0 Å². The molecule has 2 nitrogen and oxygen atoms in total. The lowest BCUT2D eigenvalue weighted by Crippen LogP contribution is -2.14. The molecule has 0 unspecified atom stereocenters. The molecular formula is C18H20ClNO. The van der Waals surface area contributed by atoms with E-state index in [-0.39, 0.29) is 7.43 Å². The van der Waals surface area contributed by atoms with Crippen molar-refractivity contribution in [1.29, 1.82) is 0 Å². The molecule has 0 aromatic heterocycles. The largest absolute Gasteiger partial charge is 0.457 e. The van der Waals surface area contributed by atoms with E-state index in [0.717, 1.165) is 29.6 Å². The standard InChI is InChI=1S/C17H16ClNO.CH4/c1-19-9-14-12-4-2-3-5-16(12)20-17-7-6-11(18)8-13(17)15(14)10-19;/h2-8,14-15H,9-10H2,1H3;1H4/t14-,15-;/m0./s1. The molecule has 2 aromatic carbocycles. The molecule has 0 spiro atoms. The van der Waals surface area contributed by atoms with Gasteiger partial charge in [-0.3, -0.25) is 0 Å². The minimum Gasteiger partial charge on any atom is -0.457 e. The summed E-state index contributed by atoms with van der Waals surface area (Å²) in [6.07, 6.45) is 0. The van der Waals surface area contributed by atoms with Gasteiger partial charge in [0.15, 0.2) is 0 Å². The molecule has 2 aliphatic heterocycles. The summed E-state index contributed by atoms with van der Waals surface area (Å²) >= 11 is 6.20. The molecule has 0 aliphatic carbocycles. The highest BCUT2D eigenvalue weighted by atomic mass is 35.5. The number of benzene rings is 2. The normalized spacial score (nSPS) is 23.1. The molecule has 4 rings (SSSR count). The van der Waals surface area contributed by atoms with E-state index in [2.05, 4.69) is 36.2 Å². The Morgan fingerprint density at radius 2 is 1.67 bits per heavy atom. The second-order valence-corrected chi connectivity index (χ2v) is 6.19. The predicted molar refractivity (Wildman–Crippen MR) is 87.7 cm³/mol. The fourth-order valence-corrected chi connectivity index (χ4v) is 3.71. The van der Waals surface area contributed by atoms with Crippen LogP contribution >= 0.6 is 11.6 Å². The first kappa shape index (κ1) is 14.4. The highest BCUT2D eigenvalue weighted by molar-refractivity contribution is 6.30. The fourth-order valence-electron chi connectivity index (χ4n) is 3.53. The predicted octanol–water partition coefficient (Wildman–Crippen LogP) is 4.89. The van der Waals surface area contributed by atoms with Crippen LogP contribution in [0.3, 0.4) is 0 Å². The average molecular weight is 302 g/mol. The number of likely N-dealkylation sites (N-methyl/N-ethyl adjacent to an activating group) is 1. The summed E-state index contributed by atoms with van der Waals surface area (Å²) < 4.78 is 6.15. The Morgan fingerprint density at radius 3 is 2.48 bits per heavy atom. The lowest BCUT2D eigenvalue weighted by atomic mass is 9.84. The summed E-state index contributed by atoms with van der Waals surface area (Å²) in [6.45, 7) is 2.12. The third-order valence-electron chi connectivity index (χ3n) is 4.41. The zero-order valence-corrected chi connectivity index (χ0v) is 12.1. The number of nitrogens with zero attached hydrogens (tertiary/aromatic N) is 1. The van der Waals surface area contributed by atoms with Crippen LogP contribution in [0.15, 0.2) is 42.5 Å². The summed E-state index contributed by atoms with van der Waals surface area (Å²) in [5, 5.41) is 0.784. The fraction of sp³-hybridized carbons (Fsp3) is 0.333. The Hall–Kier alpha value is -1.51.